The molecular formula is C27H18F3N9O4. The number of nitriles is 1. The van der Waals surface area contributed by atoms with Gasteiger partial charge in [0.2, 0.25) is 11.8 Å². The Hall–Kier alpha value is -6.11. The van der Waals surface area contributed by atoms with Crippen molar-refractivity contribution < 1.29 is 32.1 Å². The summed E-state index contributed by atoms with van der Waals surface area (Å²) in [6, 6.07) is 12.1. The quantitative estimate of drug-likeness (QED) is 0.217. The van der Waals surface area contributed by atoms with Crippen LogP contribution in [0.15, 0.2) is 53.1 Å². The van der Waals surface area contributed by atoms with Gasteiger partial charge in [0.25, 0.3) is 5.91 Å². The van der Waals surface area contributed by atoms with Gasteiger partial charge in [0, 0.05) is 36.3 Å². The molecule has 5 aromatic rings. The van der Waals surface area contributed by atoms with Gasteiger partial charge in [-0.1, -0.05) is 11.2 Å². The van der Waals surface area contributed by atoms with Crippen molar-refractivity contribution in [3.8, 4) is 28.6 Å². The van der Waals surface area contributed by atoms with Crippen LogP contribution in [0.2, 0.25) is 0 Å². The molecule has 3 amide bonds. The minimum atomic E-state index is -4.84. The van der Waals surface area contributed by atoms with E-state index in [9.17, 15) is 32.8 Å². The number of fused-ring (bicyclic) bond motifs is 1. The number of nitrogens with zero attached hydrogens (tertiary/aromatic N) is 5. The molecule has 0 unspecified atom stereocenters. The second-order valence-electron chi connectivity index (χ2n) is 9.12. The molecule has 0 saturated heterocycles. The van der Waals surface area contributed by atoms with Gasteiger partial charge in [0.15, 0.2) is 17.1 Å². The zero-order valence-corrected chi connectivity index (χ0v) is 22.1. The third-order valence-corrected chi connectivity index (χ3v) is 6.07. The monoisotopic (exact) mass is 589 g/mol. The minimum Gasteiger partial charge on any atom is -0.355 e. The molecule has 216 valence electrons. The molecule has 0 fully saturated rings. The first kappa shape index (κ1) is 28.4. The fraction of sp³-hybridized carbons (Fsp3) is 0.111. The molecule has 0 aliphatic heterocycles. The highest BCUT2D eigenvalue weighted by Crippen LogP contribution is 2.43. The number of H-pyrrole nitrogens is 1. The Morgan fingerprint density at radius 3 is 2.33 bits per heavy atom. The summed E-state index contributed by atoms with van der Waals surface area (Å²) in [5.41, 5.74) is -1.11. The first-order chi connectivity index (χ1) is 20.4. The van der Waals surface area contributed by atoms with Gasteiger partial charge < -0.3 is 20.5 Å². The molecule has 5 rings (SSSR count). The van der Waals surface area contributed by atoms with E-state index in [1.165, 1.54) is 43.3 Å². The van der Waals surface area contributed by atoms with E-state index in [2.05, 4.69) is 41.7 Å². The van der Waals surface area contributed by atoms with Crippen LogP contribution in [0.1, 0.15) is 35.5 Å². The molecule has 0 spiro atoms. The second kappa shape index (κ2) is 11.0. The average molecular weight is 589 g/mol. The number of benzene rings is 3. The molecule has 0 saturated carbocycles. The number of aromatic nitrogens is 5. The lowest BCUT2D eigenvalue weighted by Gasteiger charge is -2.17. The number of hydrogen-bond acceptors (Lipinski definition) is 9. The number of tetrazole rings is 1. The standard InChI is InChI=1S/C27H18F3N9O4/c1-12(40)32-15-4-5-16(20(8-15)27(28,29)30)17-10-23-19(9-22(17)33-13(2)41)24(37-43-23)26(42)34-21-6-3-14(11-31)7-18(21)25-35-38-39-36-25/h3-10H,1-2H3,(H,32,40)(H,33,41)(H,34,42)(H,35,36,38,39). The number of carbonyl (C=O) groups is 3. The number of aromatic amines is 1. The van der Waals surface area contributed by atoms with Gasteiger partial charge >= 0.3 is 6.18 Å². The van der Waals surface area contributed by atoms with Crippen LogP contribution in [0.5, 0.6) is 0 Å². The number of amides is 3. The van der Waals surface area contributed by atoms with Crippen LogP contribution in [-0.2, 0) is 15.8 Å². The summed E-state index contributed by atoms with van der Waals surface area (Å²) in [4.78, 5) is 36.8. The topological polar surface area (TPSA) is 192 Å². The van der Waals surface area contributed by atoms with Crippen molar-refractivity contribution in [3.05, 3.63) is 65.4 Å². The molecule has 43 heavy (non-hydrogen) atoms. The first-order valence-electron chi connectivity index (χ1n) is 12.2. The summed E-state index contributed by atoms with van der Waals surface area (Å²) in [6.45, 7) is 2.33. The normalized spacial score (nSPS) is 11.2. The van der Waals surface area contributed by atoms with Crippen molar-refractivity contribution in [2.24, 2.45) is 0 Å². The number of rotatable bonds is 6. The van der Waals surface area contributed by atoms with E-state index in [0.29, 0.717) is 5.56 Å². The zero-order chi connectivity index (χ0) is 30.9. The predicted molar refractivity (Wildman–Crippen MR) is 145 cm³/mol. The van der Waals surface area contributed by atoms with Crippen molar-refractivity contribution in [2.75, 3.05) is 16.0 Å². The first-order valence-corrected chi connectivity index (χ1v) is 12.2. The van der Waals surface area contributed by atoms with Crippen molar-refractivity contribution in [1.29, 1.82) is 5.26 Å². The zero-order valence-electron chi connectivity index (χ0n) is 22.1. The van der Waals surface area contributed by atoms with Crippen LogP contribution in [-0.4, -0.2) is 43.5 Å². The van der Waals surface area contributed by atoms with Crippen LogP contribution in [0.4, 0.5) is 30.2 Å². The lowest BCUT2D eigenvalue weighted by molar-refractivity contribution is -0.137. The third-order valence-electron chi connectivity index (χ3n) is 6.07. The van der Waals surface area contributed by atoms with E-state index in [1.54, 1.807) is 0 Å². The van der Waals surface area contributed by atoms with Gasteiger partial charge in [-0.15, -0.1) is 5.10 Å². The van der Waals surface area contributed by atoms with Crippen LogP contribution in [0, 0.1) is 11.3 Å². The Kier molecular flexibility index (Phi) is 7.30. The molecule has 2 heterocycles. The summed E-state index contributed by atoms with van der Waals surface area (Å²) in [6.07, 6.45) is -4.84. The summed E-state index contributed by atoms with van der Waals surface area (Å²) in [5.74, 6) is -1.75. The van der Waals surface area contributed by atoms with Gasteiger partial charge in [0.1, 0.15) is 0 Å². The van der Waals surface area contributed by atoms with Crippen LogP contribution < -0.4 is 16.0 Å². The van der Waals surface area contributed by atoms with Gasteiger partial charge in [-0.25, -0.2) is 5.10 Å². The Balaban J connectivity index is 1.60. The fourth-order valence-corrected chi connectivity index (χ4v) is 4.33. The highest BCUT2D eigenvalue weighted by Gasteiger charge is 2.35. The summed E-state index contributed by atoms with van der Waals surface area (Å²) >= 11 is 0. The maximum atomic E-state index is 14.1. The van der Waals surface area contributed by atoms with Gasteiger partial charge in [-0.3, -0.25) is 14.4 Å². The Bertz CT molecular complexity index is 1940. The molecule has 0 aliphatic carbocycles. The Labute approximate surface area is 239 Å². The largest absolute Gasteiger partial charge is 0.417 e. The molecular weight excluding hydrogens is 571 g/mol. The molecule has 13 nitrogen and oxygen atoms in total. The van der Waals surface area contributed by atoms with E-state index in [1.807, 2.05) is 6.07 Å². The Morgan fingerprint density at radius 1 is 0.907 bits per heavy atom. The minimum absolute atomic E-state index is 0.0483. The summed E-state index contributed by atoms with van der Waals surface area (Å²) in [7, 11) is 0. The van der Waals surface area contributed by atoms with Gasteiger partial charge in [-0.2, -0.15) is 18.4 Å². The number of carbonyl (C=O) groups excluding carboxylic acids is 3. The smallest absolute Gasteiger partial charge is 0.355 e. The van der Waals surface area contributed by atoms with E-state index in [0.717, 1.165) is 19.1 Å². The predicted octanol–water partition coefficient (Wildman–Crippen LogP) is 4.73. The van der Waals surface area contributed by atoms with E-state index in [-0.39, 0.29) is 56.2 Å². The van der Waals surface area contributed by atoms with E-state index in [4.69, 9.17) is 4.52 Å². The van der Waals surface area contributed by atoms with Crippen molar-refractivity contribution in [2.45, 2.75) is 20.0 Å². The number of hydrogen-bond donors (Lipinski definition) is 4. The average Bonchev–Trinajstić information content (AvgIpc) is 3.62. The van der Waals surface area contributed by atoms with Crippen molar-refractivity contribution >= 4 is 45.8 Å². The number of alkyl halides is 3. The summed E-state index contributed by atoms with van der Waals surface area (Å²) in [5, 5.41) is 34.0. The second-order valence-corrected chi connectivity index (χ2v) is 9.12. The number of nitrogens with one attached hydrogen (secondary N) is 4. The Morgan fingerprint density at radius 2 is 1.67 bits per heavy atom. The molecule has 0 atom stereocenters. The fourth-order valence-electron chi connectivity index (χ4n) is 4.33. The molecule has 2 aromatic heterocycles. The molecule has 0 bridgehead atoms. The molecule has 0 aliphatic rings. The van der Waals surface area contributed by atoms with E-state index < -0.39 is 29.5 Å². The highest BCUT2D eigenvalue weighted by molar-refractivity contribution is 6.13. The van der Waals surface area contributed by atoms with Crippen molar-refractivity contribution in [1.82, 2.24) is 25.8 Å². The highest BCUT2D eigenvalue weighted by atomic mass is 19.4. The number of halogens is 3. The van der Waals surface area contributed by atoms with Crippen LogP contribution >= 0.6 is 0 Å². The lowest BCUT2D eigenvalue weighted by Crippen LogP contribution is -2.14. The van der Waals surface area contributed by atoms with Gasteiger partial charge in [-0.05, 0) is 58.5 Å². The molecule has 16 heteroatoms. The van der Waals surface area contributed by atoms with E-state index >= 15 is 0 Å². The third kappa shape index (κ3) is 5.86. The maximum Gasteiger partial charge on any atom is 0.417 e. The SMILES string of the molecule is CC(=O)Nc1ccc(-c2cc3onc(C(=O)Nc4ccc(C#N)cc4-c4nnn[nH]4)c3cc2NC(C)=O)c(C(F)(F)F)c1. The molecule has 4 N–H and O–H groups in total. The lowest BCUT2D eigenvalue weighted by atomic mass is 9.95. The number of anilines is 3. The van der Waals surface area contributed by atoms with Crippen molar-refractivity contribution in [3.63, 3.8) is 0 Å². The summed E-state index contributed by atoms with van der Waals surface area (Å²) < 4.78 is 47.7. The van der Waals surface area contributed by atoms with Gasteiger partial charge in [0.05, 0.1) is 28.3 Å². The molecule has 3 aromatic carbocycles. The van der Waals surface area contributed by atoms with Crippen LogP contribution in [0.3, 0.4) is 0 Å². The van der Waals surface area contributed by atoms with Crippen LogP contribution in [0.25, 0.3) is 33.5 Å². The molecule has 0 radical (unpaired) electrons. The maximum absolute atomic E-state index is 14.1.